The number of piperazine rings is 1. The lowest BCUT2D eigenvalue weighted by Crippen LogP contribution is -2.48. The lowest BCUT2D eigenvalue weighted by molar-refractivity contribution is -0.140. The number of pyridine rings is 1. The summed E-state index contributed by atoms with van der Waals surface area (Å²) in [5.74, 6) is 0.757. The largest absolute Gasteiger partial charge is 0.469 e. The van der Waals surface area contributed by atoms with Crippen LogP contribution >= 0.6 is 0 Å². The molecule has 0 unspecified atom stereocenters. The summed E-state index contributed by atoms with van der Waals surface area (Å²) >= 11 is 0. The summed E-state index contributed by atoms with van der Waals surface area (Å²) in [7, 11) is 1.42. The molecule has 0 atom stereocenters. The zero-order chi connectivity index (χ0) is 28.3. The highest BCUT2D eigenvalue weighted by Gasteiger charge is 2.30. The van der Waals surface area contributed by atoms with E-state index in [-0.39, 0.29) is 18.4 Å². The molecule has 0 N–H and O–H groups in total. The maximum absolute atomic E-state index is 12.2. The Labute approximate surface area is 240 Å². The molecule has 0 bridgehead atoms. The third-order valence-electron chi connectivity index (χ3n) is 8.22. The predicted molar refractivity (Wildman–Crippen MR) is 161 cm³/mol. The van der Waals surface area contributed by atoms with E-state index >= 15 is 0 Å². The van der Waals surface area contributed by atoms with Crippen LogP contribution in [0, 0.1) is 18.3 Å². The highest BCUT2D eigenvalue weighted by Crippen LogP contribution is 2.36. The van der Waals surface area contributed by atoms with Crippen LogP contribution in [0.3, 0.4) is 0 Å². The predicted octanol–water partition coefficient (Wildman–Crippen LogP) is 5.68. The maximum atomic E-state index is 12.2. The average Bonchev–Trinajstić information content (AvgIpc) is 3.40. The molecule has 1 fully saturated rings. The van der Waals surface area contributed by atoms with Crippen LogP contribution in [0.5, 0.6) is 0 Å². The molecule has 7 nitrogen and oxygen atoms in total. The monoisotopic (exact) mass is 543 g/mol. The third kappa shape index (κ3) is 4.92. The number of esters is 1. The Kier molecular flexibility index (Phi) is 7.41. The molecule has 2 aromatic heterocycles. The van der Waals surface area contributed by atoms with Crippen LogP contribution in [0.2, 0.25) is 0 Å². The molecule has 1 aliphatic heterocycles. The van der Waals surface area contributed by atoms with Crippen molar-refractivity contribution in [2.24, 2.45) is 0 Å². The minimum absolute atomic E-state index is 0.162. The van der Waals surface area contributed by atoms with Crippen molar-refractivity contribution in [1.82, 2.24) is 14.3 Å². The number of ether oxygens (including phenoxy) is 1. The first kappa shape index (κ1) is 26.5. The summed E-state index contributed by atoms with van der Waals surface area (Å²) in [6, 6.07) is 32.0. The van der Waals surface area contributed by atoms with Crippen LogP contribution in [-0.4, -0.2) is 53.5 Å². The Morgan fingerprint density at radius 3 is 2.15 bits per heavy atom. The number of nitrogens with zero attached hydrogens (tertiary/aromatic N) is 5. The van der Waals surface area contributed by atoms with Gasteiger partial charge in [-0.25, -0.2) is 4.98 Å². The number of hydrogen-bond donors (Lipinski definition) is 0. The zero-order valence-corrected chi connectivity index (χ0v) is 23.5. The van der Waals surface area contributed by atoms with E-state index in [1.54, 1.807) is 0 Å². The van der Waals surface area contributed by atoms with E-state index in [9.17, 15) is 10.1 Å². The zero-order valence-electron chi connectivity index (χ0n) is 23.5. The number of carbonyl (C=O) groups excluding carboxylic acids is 1. The van der Waals surface area contributed by atoms with Crippen LogP contribution in [0.25, 0.3) is 16.7 Å². The SMILES string of the molecule is COC(=O)CCc1c(C)c(C#N)c2nc3ccccc3n2c1N1CCN(C(c2ccccc2)c2ccccc2)CC1. The van der Waals surface area contributed by atoms with Gasteiger partial charge in [0.05, 0.1) is 29.7 Å². The smallest absolute Gasteiger partial charge is 0.305 e. The van der Waals surface area contributed by atoms with Gasteiger partial charge in [-0.3, -0.25) is 14.1 Å². The lowest BCUT2D eigenvalue weighted by Gasteiger charge is -2.41. The summed E-state index contributed by atoms with van der Waals surface area (Å²) in [5, 5.41) is 10.2. The summed E-state index contributed by atoms with van der Waals surface area (Å²) in [6.45, 7) is 5.30. The van der Waals surface area contributed by atoms with Gasteiger partial charge >= 0.3 is 5.97 Å². The van der Waals surface area contributed by atoms with Gasteiger partial charge in [0.2, 0.25) is 0 Å². The van der Waals surface area contributed by atoms with Gasteiger partial charge in [-0.1, -0.05) is 72.8 Å². The first-order valence-electron chi connectivity index (χ1n) is 14.1. The first-order chi connectivity index (χ1) is 20.1. The fourth-order valence-corrected chi connectivity index (χ4v) is 6.20. The van der Waals surface area contributed by atoms with Crippen molar-refractivity contribution in [3.63, 3.8) is 0 Å². The second kappa shape index (κ2) is 11.4. The minimum Gasteiger partial charge on any atom is -0.469 e. The number of benzene rings is 3. The quantitative estimate of drug-likeness (QED) is 0.246. The van der Waals surface area contributed by atoms with Crippen molar-refractivity contribution in [2.45, 2.75) is 25.8 Å². The molecule has 5 aromatic rings. The molecule has 0 aliphatic carbocycles. The lowest BCUT2D eigenvalue weighted by atomic mass is 9.96. The van der Waals surface area contributed by atoms with E-state index in [1.165, 1.54) is 18.2 Å². The van der Waals surface area contributed by atoms with E-state index in [4.69, 9.17) is 9.72 Å². The second-order valence-electron chi connectivity index (χ2n) is 10.5. The molecule has 3 aromatic carbocycles. The third-order valence-corrected chi connectivity index (χ3v) is 8.22. The number of hydrogen-bond acceptors (Lipinski definition) is 6. The number of para-hydroxylation sites is 2. The first-order valence-corrected chi connectivity index (χ1v) is 14.1. The Morgan fingerprint density at radius 2 is 1.54 bits per heavy atom. The number of rotatable bonds is 7. The number of anilines is 1. The van der Waals surface area contributed by atoms with Gasteiger partial charge < -0.3 is 9.64 Å². The number of methoxy groups -OCH3 is 1. The van der Waals surface area contributed by atoms with E-state index < -0.39 is 0 Å². The molecular formula is C34H33N5O2. The van der Waals surface area contributed by atoms with Crippen LogP contribution in [0.4, 0.5) is 5.82 Å². The molecule has 7 heteroatoms. The van der Waals surface area contributed by atoms with Gasteiger partial charge in [0, 0.05) is 32.6 Å². The highest BCUT2D eigenvalue weighted by molar-refractivity contribution is 5.86. The van der Waals surface area contributed by atoms with E-state index in [2.05, 4.69) is 87.0 Å². The molecule has 0 saturated carbocycles. The summed E-state index contributed by atoms with van der Waals surface area (Å²) in [5.41, 5.74) is 7.46. The molecule has 206 valence electrons. The standard InChI is InChI=1S/C34H33N5O2/c1-24-27(17-18-31(40)41-2)34(39-30-16-10-9-15-29(30)36-33(39)28(24)23-35)38-21-19-37(20-22-38)32(25-11-5-3-6-12-25)26-13-7-4-8-14-26/h3-16,32H,17-22H2,1-2H3. The number of nitriles is 1. The summed E-state index contributed by atoms with van der Waals surface area (Å²) < 4.78 is 7.11. The Hall–Kier alpha value is -4.67. The maximum Gasteiger partial charge on any atom is 0.305 e. The van der Waals surface area contributed by atoms with Crippen LogP contribution in [-0.2, 0) is 16.0 Å². The molecule has 41 heavy (non-hydrogen) atoms. The van der Waals surface area contributed by atoms with Gasteiger partial charge in [-0.05, 0) is 47.7 Å². The second-order valence-corrected chi connectivity index (χ2v) is 10.5. The summed E-state index contributed by atoms with van der Waals surface area (Å²) in [4.78, 5) is 22.1. The Balaban J connectivity index is 1.42. The fourth-order valence-electron chi connectivity index (χ4n) is 6.20. The van der Waals surface area contributed by atoms with Crippen LogP contribution in [0.15, 0.2) is 84.9 Å². The molecule has 0 radical (unpaired) electrons. The van der Waals surface area contributed by atoms with E-state index in [0.717, 1.165) is 54.2 Å². The van der Waals surface area contributed by atoms with Crippen LogP contribution in [0.1, 0.15) is 40.3 Å². The normalized spacial score (nSPS) is 14.0. The molecule has 0 amide bonds. The average molecular weight is 544 g/mol. The van der Waals surface area contributed by atoms with Crippen molar-refractivity contribution < 1.29 is 9.53 Å². The molecule has 6 rings (SSSR count). The van der Waals surface area contributed by atoms with Crippen molar-refractivity contribution in [3.8, 4) is 6.07 Å². The van der Waals surface area contributed by atoms with Gasteiger partial charge in [-0.15, -0.1) is 0 Å². The van der Waals surface area contributed by atoms with E-state index in [0.29, 0.717) is 17.6 Å². The molecule has 1 saturated heterocycles. The fraction of sp³-hybridized carbons (Fsp3) is 0.265. The van der Waals surface area contributed by atoms with Crippen molar-refractivity contribution in [2.75, 3.05) is 38.2 Å². The Morgan fingerprint density at radius 1 is 0.927 bits per heavy atom. The molecule has 0 spiro atoms. The molecular weight excluding hydrogens is 510 g/mol. The van der Waals surface area contributed by atoms with E-state index in [1.807, 2.05) is 25.1 Å². The number of fused-ring (bicyclic) bond motifs is 3. The molecule has 3 heterocycles. The minimum atomic E-state index is -0.261. The Bertz CT molecular complexity index is 1690. The number of carbonyl (C=O) groups is 1. The van der Waals surface area contributed by atoms with Gasteiger partial charge in [0.25, 0.3) is 0 Å². The van der Waals surface area contributed by atoms with Crippen molar-refractivity contribution in [1.29, 1.82) is 5.26 Å². The number of aromatic nitrogens is 2. The topological polar surface area (TPSA) is 73.9 Å². The molecule has 1 aliphatic rings. The number of imidazole rings is 1. The van der Waals surface area contributed by atoms with Gasteiger partial charge in [0.1, 0.15) is 11.9 Å². The van der Waals surface area contributed by atoms with Crippen molar-refractivity contribution in [3.05, 3.63) is 113 Å². The van der Waals surface area contributed by atoms with Crippen molar-refractivity contribution >= 4 is 28.5 Å². The van der Waals surface area contributed by atoms with Gasteiger partial charge in [0.15, 0.2) is 5.65 Å². The summed E-state index contributed by atoms with van der Waals surface area (Å²) in [6.07, 6.45) is 0.735. The van der Waals surface area contributed by atoms with Crippen LogP contribution < -0.4 is 4.90 Å². The van der Waals surface area contributed by atoms with Gasteiger partial charge in [-0.2, -0.15) is 5.26 Å². The highest BCUT2D eigenvalue weighted by atomic mass is 16.5.